The van der Waals surface area contributed by atoms with Gasteiger partial charge in [0.2, 0.25) is 5.91 Å². The van der Waals surface area contributed by atoms with Gasteiger partial charge in [0.05, 0.1) is 12.1 Å². The maximum Gasteiger partial charge on any atom is 0.269 e. The number of nitrogens with one attached hydrogen (secondary N) is 3. The van der Waals surface area contributed by atoms with Crippen LogP contribution in [0.15, 0.2) is 12.4 Å². The molecule has 0 radical (unpaired) electrons. The molecule has 2 aromatic heterocycles. The molecule has 1 aliphatic rings. The van der Waals surface area contributed by atoms with Crippen molar-refractivity contribution in [1.82, 2.24) is 41.0 Å². The lowest BCUT2D eigenvalue weighted by Crippen LogP contribution is -2.50. The maximum absolute atomic E-state index is 12.5. The van der Waals surface area contributed by atoms with Crippen LogP contribution < -0.4 is 10.6 Å². The number of carbonyl (C=O) groups excluding carboxylic acids is 2. The van der Waals surface area contributed by atoms with E-state index in [2.05, 4.69) is 36.4 Å². The minimum atomic E-state index is -0.293. The van der Waals surface area contributed by atoms with Gasteiger partial charge in [-0.2, -0.15) is 9.78 Å². The highest BCUT2D eigenvalue weighted by molar-refractivity contribution is 5.93. The fourth-order valence-corrected chi connectivity index (χ4v) is 3.25. The summed E-state index contributed by atoms with van der Waals surface area (Å²) in [4.78, 5) is 24.8. The Bertz CT molecular complexity index is 772. The van der Waals surface area contributed by atoms with E-state index in [0.717, 1.165) is 0 Å². The number of ether oxygens (including phenoxy) is 1. The van der Waals surface area contributed by atoms with Crippen LogP contribution in [0.4, 0.5) is 0 Å². The first-order chi connectivity index (χ1) is 13.0. The molecule has 2 heterocycles. The monoisotopic (exact) mass is 376 g/mol. The highest BCUT2D eigenvalue weighted by Crippen LogP contribution is 2.27. The van der Waals surface area contributed by atoms with Crippen molar-refractivity contribution in [3.63, 3.8) is 0 Å². The van der Waals surface area contributed by atoms with Crippen molar-refractivity contribution in [2.45, 2.75) is 51.3 Å². The van der Waals surface area contributed by atoms with Gasteiger partial charge in [-0.1, -0.05) is 0 Å². The van der Waals surface area contributed by atoms with Crippen LogP contribution in [-0.4, -0.2) is 67.5 Å². The van der Waals surface area contributed by atoms with Gasteiger partial charge in [-0.05, 0) is 43.5 Å². The molecule has 3 atom stereocenters. The number of rotatable bonds is 6. The summed E-state index contributed by atoms with van der Waals surface area (Å²) in [6.45, 7) is 3.87. The van der Waals surface area contributed by atoms with E-state index in [9.17, 15) is 9.59 Å². The second-order valence-corrected chi connectivity index (χ2v) is 6.92. The molecule has 0 spiro atoms. The molecule has 11 nitrogen and oxygen atoms in total. The van der Waals surface area contributed by atoms with Gasteiger partial charge in [0.15, 0.2) is 5.82 Å². The summed E-state index contributed by atoms with van der Waals surface area (Å²) >= 11 is 0. The number of hydrogen-bond acceptors (Lipinski definition) is 7. The molecule has 2 aromatic rings. The molecule has 1 fully saturated rings. The zero-order valence-corrected chi connectivity index (χ0v) is 15.5. The van der Waals surface area contributed by atoms with Crippen LogP contribution in [0.3, 0.4) is 0 Å². The Balaban J connectivity index is 1.60. The number of H-pyrrole nitrogens is 1. The molecular formula is C16H24N8O3. The molecule has 146 valence electrons. The Kier molecular flexibility index (Phi) is 5.79. The van der Waals surface area contributed by atoms with E-state index in [-0.39, 0.29) is 35.9 Å². The van der Waals surface area contributed by atoms with Crippen LogP contribution in [0.1, 0.15) is 43.6 Å². The fraction of sp³-hybridized carbons (Fsp3) is 0.625. The van der Waals surface area contributed by atoms with Gasteiger partial charge in [0.1, 0.15) is 12.0 Å². The van der Waals surface area contributed by atoms with Crippen molar-refractivity contribution >= 4 is 11.8 Å². The molecule has 0 bridgehead atoms. The molecule has 0 unspecified atom stereocenters. The zero-order chi connectivity index (χ0) is 19.4. The second-order valence-electron chi connectivity index (χ2n) is 6.92. The molecule has 0 saturated heterocycles. The molecule has 0 aromatic carbocycles. The third kappa shape index (κ3) is 4.48. The van der Waals surface area contributed by atoms with Gasteiger partial charge in [-0.15, -0.1) is 5.10 Å². The minimum Gasteiger partial charge on any atom is -0.379 e. The van der Waals surface area contributed by atoms with Gasteiger partial charge in [-0.3, -0.25) is 14.7 Å². The molecular weight excluding hydrogens is 352 g/mol. The minimum absolute atomic E-state index is 0.0384. The highest BCUT2D eigenvalue weighted by atomic mass is 16.5. The Labute approximate surface area is 156 Å². The van der Waals surface area contributed by atoms with E-state index in [0.29, 0.717) is 30.8 Å². The summed E-state index contributed by atoms with van der Waals surface area (Å²) in [6, 6.07) is 1.49. The van der Waals surface area contributed by atoms with Gasteiger partial charge in [-0.25, -0.2) is 0 Å². The van der Waals surface area contributed by atoms with Crippen molar-refractivity contribution in [3.05, 3.63) is 18.1 Å². The van der Waals surface area contributed by atoms with Crippen LogP contribution in [-0.2, 0) is 9.53 Å². The second kappa shape index (κ2) is 8.25. The third-order valence-corrected chi connectivity index (χ3v) is 4.61. The number of tetrazole rings is 1. The maximum atomic E-state index is 12.5. The summed E-state index contributed by atoms with van der Waals surface area (Å²) in [5.74, 6) is 0.0574. The Morgan fingerprint density at radius 3 is 2.85 bits per heavy atom. The zero-order valence-electron chi connectivity index (χ0n) is 15.5. The van der Waals surface area contributed by atoms with E-state index in [1.807, 2.05) is 13.8 Å². The van der Waals surface area contributed by atoms with E-state index in [1.165, 1.54) is 11.0 Å². The summed E-state index contributed by atoms with van der Waals surface area (Å²) in [7, 11) is 1.60. The van der Waals surface area contributed by atoms with Gasteiger partial charge in [0.25, 0.3) is 5.91 Å². The lowest BCUT2D eigenvalue weighted by Gasteiger charge is -2.35. The molecule has 3 rings (SSSR count). The standard InChI is InChI=1S/C16H24N8O3/c1-9(2)18-15(25)10-4-5-11(13(6-10)27-3)19-16(26)12-7-14(21-20-12)24-8-17-22-23-24/h7-11,13H,4-6H2,1-3H3,(H,18,25)(H,19,26)(H,20,21)/t10-,11+,13+/m0/s1. The molecule has 1 saturated carbocycles. The first-order valence-corrected chi connectivity index (χ1v) is 8.90. The van der Waals surface area contributed by atoms with Crippen LogP contribution in [0.5, 0.6) is 0 Å². The number of amides is 2. The fourth-order valence-electron chi connectivity index (χ4n) is 3.25. The van der Waals surface area contributed by atoms with Crippen molar-refractivity contribution in [1.29, 1.82) is 0 Å². The van der Waals surface area contributed by atoms with Crippen molar-refractivity contribution in [2.75, 3.05) is 7.11 Å². The Morgan fingerprint density at radius 1 is 1.37 bits per heavy atom. The average Bonchev–Trinajstić information content (AvgIpc) is 3.32. The first kappa shape index (κ1) is 19.0. The quantitative estimate of drug-likeness (QED) is 0.635. The molecule has 11 heteroatoms. The SMILES string of the molecule is CO[C@@H]1C[C@@H](C(=O)NC(C)C)CC[C@H]1NC(=O)c1cc(-n2cnnn2)n[nH]1. The number of carbonyl (C=O) groups is 2. The Morgan fingerprint density at radius 2 is 2.19 bits per heavy atom. The van der Waals surface area contributed by atoms with Crippen molar-refractivity contribution in [2.24, 2.45) is 5.92 Å². The van der Waals surface area contributed by atoms with E-state index in [1.54, 1.807) is 13.2 Å². The van der Waals surface area contributed by atoms with E-state index < -0.39 is 0 Å². The Hall–Kier alpha value is -2.82. The topological polar surface area (TPSA) is 140 Å². The number of nitrogens with zero attached hydrogens (tertiary/aromatic N) is 5. The summed E-state index contributed by atoms with van der Waals surface area (Å²) in [5, 5.41) is 23.4. The summed E-state index contributed by atoms with van der Waals surface area (Å²) in [6.07, 6.45) is 3.09. The van der Waals surface area contributed by atoms with Gasteiger partial charge >= 0.3 is 0 Å². The van der Waals surface area contributed by atoms with Crippen LogP contribution >= 0.6 is 0 Å². The predicted molar refractivity (Wildman–Crippen MR) is 94.0 cm³/mol. The molecule has 3 N–H and O–H groups in total. The summed E-state index contributed by atoms with van der Waals surface area (Å²) in [5.41, 5.74) is 0.301. The number of aromatic amines is 1. The van der Waals surface area contributed by atoms with E-state index in [4.69, 9.17) is 4.74 Å². The smallest absolute Gasteiger partial charge is 0.269 e. The van der Waals surface area contributed by atoms with Crippen LogP contribution in [0.25, 0.3) is 5.82 Å². The lowest BCUT2D eigenvalue weighted by molar-refractivity contribution is -0.128. The van der Waals surface area contributed by atoms with Gasteiger partial charge in [0, 0.05) is 25.1 Å². The number of hydrogen-bond donors (Lipinski definition) is 3. The van der Waals surface area contributed by atoms with Crippen molar-refractivity contribution in [3.8, 4) is 5.82 Å². The average molecular weight is 376 g/mol. The van der Waals surface area contributed by atoms with Crippen molar-refractivity contribution < 1.29 is 14.3 Å². The molecule has 0 aliphatic heterocycles. The molecule has 27 heavy (non-hydrogen) atoms. The summed E-state index contributed by atoms with van der Waals surface area (Å²) < 4.78 is 6.89. The van der Waals surface area contributed by atoms with Gasteiger partial charge < -0.3 is 15.4 Å². The predicted octanol–water partition coefficient (Wildman–Crippen LogP) is -0.176. The lowest BCUT2D eigenvalue weighted by atomic mass is 9.83. The van der Waals surface area contributed by atoms with E-state index >= 15 is 0 Å². The van der Waals surface area contributed by atoms with Crippen LogP contribution in [0, 0.1) is 5.92 Å². The largest absolute Gasteiger partial charge is 0.379 e. The molecule has 1 aliphatic carbocycles. The first-order valence-electron chi connectivity index (χ1n) is 8.90. The number of aromatic nitrogens is 6. The molecule has 2 amide bonds. The van der Waals surface area contributed by atoms with Crippen LogP contribution in [0.2, 0.25) is 0 Å². The highest BCUT2D eigenvalue weighted by Gasteiger charge is 2.35. The number of methoxy groups -OCH3 is 1. The normalized spacial score (nSPS) is 22.6. The third-order valence-electron chi connectivity index (χ3n) is 4.61.